The molecule has 0 rings (SSSR count). The number of rotatable bonds is 24. The lowest BCUT2D eigenvalue weighted by Gasteiger charge is -2.13. The Morgan fingerprint density at radius 1 is 0.594 bits per heavy atom. The van der Waals surface area contributed by atoms with Gasteiger partial charge in [0.15, 0.2) is 0 Å². The van der Waals surface area contributed by atoms with Crippen LogP contribution in [0.1, 0.15) is 111 Å². The molecule has 0 radical (unpaired) electrons. The molecule has 1 unspecified atom stereocenters. The number of carbonyl (C=O) groups is 2. The molecule has 0 aromatic heterocycles. The largest absolute Gasteiger partial charge is 0.463 e. The van der Waals surface area contributed by atoms with Crippen LogP contribution in [0.25, 0.3) is 0 Å². The predicted molar refractivity (Wildman–Crippen MR) is 129 cm³/mol. The summed E-state index contributed by atoms with van der Waals surface area (Å²) in [6, 6.07) is 0. The van der Waals surface area contributed by atoms with Gasteiger partial charge in [0, 0.05) is 6.42 Å². The molecule has 32 heavy (non-hydrogen) atoms. The maximum Gasteiger partial charge on any atom is 0.308 e. The topological polar surface area (TPSA) is 71.1 Å². The minimum Gasteiger partial charge on any atom is -0.463 e. The van der Waals surface area contributed by atoms with E-state index in [-0.39, 0.29) is 31.1 Å². The quantitative estimate of drug-likeness (QED) is 0.126. The first-order valence-electron chi connectivity index (χ1n) is 13.1. The van der Waals surface area contributed by atoms with Crippen molar-refractivity contribution in [2.24, 2.45) is 5.92 Å². The van der Waals surface area contributed by atoms with Crippen molar-refractivity contribution in [1.29, 1.82) is 0 Å². The van der Waals surface area contributed by atoms with E-state index in [9.17, 15) is 9.59 Å². The second-order valence-electron chi connectivity index (χ2n) is 8.44. The molecule has 6 heteroatoms. The lowest BCUT2D eigenvalue weighted by atomic mass is 10.00. The van der Waals surface area contributed by atoms with Gasteiger partial charge in [-0.05, 0) is 19.3 Å². The molecule has 0 aromatic carbocycles. The predicted octanol–water partition coefficient (Wildman–Crippen LogP) is 6.24. The van der Waals surface area contributed by atoms with E-state index in [0.29, 0.717) is 32.8 Å². The highest BCUT2D eigenvalue weighted by Crippen LogP contribution is 2.14. The second-order valence-corrected chi connectivity index (χ2v) is 8.44. The van der Waals surface area contributed by atoms with Crippen LogP contribution in [0.2, 0.25) is 0 Å². The molecule has 0 aliphatic carbocycles. The van der Waals surface area contributed by atoms with Crippen LogP contribution in [0.15, 0.2) is 0 Å². The summed E-state index contributed by atoms with van der Waals surface area (Å²) in [5.41, 5.74) is 0. The molecule has 1 atom stereocenters. The van der Waals surface area contributed by atoms with Gasteiger partial charge in [0.05, 0.1) is 32.3 Å². The molecule has 0 aliphatic heterocycles. The van der Waals surface area contributed by atoms with Gasteiger partial charge in [-0.25, -0.2) is 0 Å². The number of unbranched alkanes of at least 4 members (excludes halogenated alkanes) is 9. The molecule has 0 heterocycles. The van der Waals surface area contributed by atoms with Crippen molar-refractivity contribution in [3.63, 3.8) is 0 Å². The van der Waals surface area contributed by atoms with Crippen molar-refractivity contribution in [1.82, 2.24) is 0 Å². The van der Waals surface area contributed by atoms with Crippen LogP contribution in [-0.2, 0) is 28.5 Å². The number of esters is 2. The van der Waals surface area contributed by atoms with Crippen molar-refractivity contribution in [2.75, 3.05) is 39.6 Å². The highest BCUT2D eigenvalue weighted by atomic mass is 16.6. The summed E-state index contributed by atoms with van der Waals surface area (Å²) in [4.78, 5) is 23.7. The van der Waals surface area contributed by atoms with Crippen LogP contribution in [0.4, 0.5) is 0 Å². The summed E-state index contributed by atoms with van der Waals surface area (Å²) >= 11 is 0. The fourth-order valence-corrected chi connectivity index (χ4v) is 3.45. The van der Waals surface area contributed by atoms with Gasteiger partial charge in [0.1, 0.15) is 13.2 Å². The van der Waals surface area contributed by atoms with Crippen LogP contribution in [-0.4, -0.2) is 51.6 Å². The maximum absolute atomic E-state index is 12.0. The van der Waals surface area contributed by atoms with Crippen LogP contribution >= 0.6 is 0 Å². The third-order valence-electron chi connectivity index (χ3n) is 5.55. The molecule has 0 N–H and O–H groups in total. The fraction of sp³-hybridized carbons (Fsp3) is 0.923. The molecule has 0 fully saturated rings. The van der Waals surface area contributed by atoms with E-state index in [4.69, 9.17) is 18.9 Å². The molecule has 0 aliphatic rings. The molecule has 190 valence electrons. The Morgan fingerprint density at radius 2 is 1.09 bits per heavy atom. The Hall–Kier alpha value is -1.14. The Labute approximate surface area is 197 Å². The lowest BCUT2D eigenvalue weighted by Crippen LogP contribution is -2.20. The molecular weight excluding hydrogens is 408 g/mol. The zero-order valence-corrected chi connectivity index (χ0v) is 21.2. The Morgan fingerprint density at radius 3 is 1.66 bits per heavy atom. The number of carbonyl (C=O) groups excluding carboxylic acids is 2. The van der Waals surface area contributed by atoms with Crippen LogP contribution in [0.5, 0.6) is 0 Å². The summed E-state index contributed by atoms with van der Waals surface area (Å²) in [6.07, 6.45) is 15.5. The highest BCUT2D eigenvalue weighted by Gasteiger charge is 2.16. The van der Waals surface area contributed by atoms with Crippen molar-refractivity contribution in [3.05, 3.63) is 0 Å². The van der Waals surface area contributed by atoms with Crippen molar-refractivity contribution < 1.29 is 28.5 Å². The molecule has 0 aromatic rings. The third-order valence-corrected chi connectivity index (χ3v) is 5.55. The Bertz CT molecular complexity index is 427. The third kappa shape index (κ3) is 20.7. The van der Waals surface area contributed by atoms with E-state index < -0.39 is 0 Å². The van der Waals surface area contributed by atoms with Crippen LogP contribution < -0.4 is 0 Å². The van der Waals surface area contributed by atoms with E-state index in [2.05, 4.69) is 13.8 Å². The first-order valence-corrected chi connectivity index (χ1v) is 13.1. The lowest BCUT2D eigenvalue weighted by molar-refractivity contribution is -0.151. The Balaban J connectivity index is 3.35. The van der Waals surface area contributed by atoms with Crippen molar-refractivity contribution >= 4 is 11.9 Å². The molecule has 0 spiro atoms. The number of hydrogen-bond donors (Lipinski definition) is 0. The smallest absolute Gasteiger partial charge is 0.308 e. The fourth-order valence-electron chi connectivity index (χ4n) is 3.45. The van der Waals surface area contributed by atoms with Gasteiger partial charge < -0.3 is 18.9 Å². The zero-order chi connectivity index (χ0) is 23.7. The van der Waals surface area contributed by atoms with Crippen molar-refractivity contribution in [3.8, 4) is 0 Å². The minimum absolute atomic E-state index is 0.00122. The summed E-state index contributed by atoms with van der Waals surface area (Å²) < 4.78 is 21.3. The Kier molecular flexibility index (Phi) is 23.6. The van der Waals surface area contributed by atoms with Crippen LogP contribution in [0.3, 0.4) is 0 Å². The van der Waals surface area contributed by atoms with E-state index >= 15 is 0 Å². The minimum atomic E-state index is -0.140. The van der Waals surface area contributed by atoms with Gasteiger partial charge >= 0.3 is 11.9 Å². The molecule has 6 nitrogen and oxygen atoms in total. The first kappa shape index (κ1) is 30.9. The van der Waals surface area contributed by atoms with Gasteiger partial charge in [0.25, 0.3) is 0 Å². The van der Waals surface area contributed by atoms with Gasteiger partial charge in [-0.15, -0.1) is 0 Å². The molecule has 0 saturated heterocycles. The van der Waals surface area contributed by atoms with E-state index in [1.807, 2.05) is 6.92 Å². The summed E-state index contributed by atoms with van der Waals surface area (Å²) in [5, 5.41) is 0. The zero-order valence-electron chi connectivity index (χ0n) is 21.2. The average Bonchev–Trinajstić information content (AvgIpc) is 2.79. The van der Waals surface area contributed by atoms with Gasteiger partial charge in [-0.1, -0.05) is 85.0 Å². The van der Waals surface area contributed by atoms with E-state index in [0.717, 1.165) is 38.5 Å². The number of ether oxygens (including phenoxy) is 4. The van der Waals surface area contributed by atoms with Gasteiger partial charge in [0.2, 0.25) is 0 Å². The average molecular weight is 459 g/mol. The summed E-state index contributed by atoms with van der Waals surface area (Å²) in [6.45, 7) is 8.53. The molecule has 0 bridgehead atoms. The monoisotopic (exact) mass is 458 g/mol. The molecule has 0 amide bonds. The van der Waals surface area contributed by atoms with Gasteiger partial charge in [-0.3, -0.25) is 9.59 Å². The maximum atomic E-state index is 12.0. The summed E-state index contributed by atoms with van der Waals surface area (Å²) in [5.74, 6) is -0.259. The van der Waals surface area contributed by atoms with E-state index in [1.165, 1.54) is 44.9 Å². The number of hydrogen-bond acceptors (Lipinski definition) is 6. The normalized spacial score (nSPS) is 12.0. The van der Waals surface area contributed by atoms with Crippen LogP contribution in [0, 0.1) is 5.92 Å². The first-order chi connectivity index (χ1) is 15.7. The second kappa shape index (κ2) is 24.5. The standard InChI is InChI=1S/C26H50O6/c1-4-7-9-10-11-12-13-14-15-17-25(27)31-22-20-29-18-19-30-21-23-32-26(28)24(6-3)16-8-5-2/h24H,4-23H2,1-3H3. The van der Waals surface area contributed by atoms with Gasteiger partial charge in [-0.2, -0.15) is 0 Å². The summed E-state index contributed by atoms with van der Waals surface area (Å²) in [7, 11) is 0. The van der Waals surface area contributed by atoms with Crippen molar-refractivity contribution in [2.45, 2.75) is 111 Å². The SMILES string of the molecule is CCCCCCCCCCCC(=O)OCCOCCOCCOC(=O)C(CC)CCCC. The molecule has 0 saturated carbocycles. The molecular formula is C26H50O6. The highest BCUT2D eigenvalue weighted by molar-refractivity contribution is 5.72. The van der Waals surface area contributed by atoms with E-state index in [1.54, 1.807) is 0 Å².